The fourth-order valence-electron chi connectivity index (χ4n) is 2.56. The Morgan fingerprint density at radius 1 is 1.32 bits per heavy atom. The number of nitrogens with zero attached hydrogens (tertiary/aromatic N) is 2. The number of esters is 1. The summed E-state index contributed by atoms with van der Waals surface area (Å²) in [6.45, 7) is 2.57. The van der Waals surface area contributed by atoms with Crippen LogP contribution in [0.4, 0.5) is 0 Å². The van der Waals surface area contributed by atoms with Gasteiger partial charge in [0.2, 0.25) is 12.3 Å². The molecule has 7 nitrogen and oxygen atoms in total. The van der Waals surface area contributed by atoms with E-state index in [0.717, 1.165) is 12.8 Å². The van der Waals surface area contributed by atoms with Crippen LogP contribution in [0.1, 0.15) is 31.4 Å². The highest BCUT2D eigenvalue weighted by Crippen LogP contribution is 2.24. The molecule has 2 amide bonds. The van der Waals surface area contributed by atoms with Crippen molar-refractivity contribution >= 4 is 18.3 Å². The zero-order valence-electron chi connectivity index (χ0n) is 12.4. The molecule has 0 spiro atoms. The van der Waals surface area contributed by atoms with Crippen LogP contribution in [0.2, 0.25) is 0 Å². The van der Waals surface area contributed by atoms with Gasteiger partial charge < -0.3 is 15.0 Å². The Hall–Kier alpha value is -2.44. The zero-order valence-corrected chi connectivity index (χ0v) is 12.4. The molecule has 2 unspecified atom stereocenters. The molecule has 2 atom stereocenters. The molecule has 1 fully saturated rings. The second kappa shape index (κ2) is 7.53. The first-order valence-electron chi connectivity index (χ1n) is 7.19. The normalized spacial score (nSPS) is 16.7. The second-order valence-electron chi connectivity index (χ2n) is 5.11. The van der Waals surface area contributed by atoms with Gasteiger partial charge in [-0.3, -0.25) is 19.4 Å². The van der Waals surface area contributed by atoms with E-state index in [1.807, 2.05) is 0 Å². The van der Waals surface area contributed by atoms with Crippen molar-refractivity contribution in [2.24, 2.45) is 0 Å². The number of hydrogen-bond acceptors (Lipinski definition) is 5. The Morgan fingerprint density at radius 3 is 2.50 bits per heavy atom. The van der Waals surface area contributed by atoms with Crippen molar-refractivity contribution in [1.82, 2.24) is 15.2 Å². The fraction of sp³-hybridized carbons (Fsp3) is 0.467. The van der Waals surface area contributed by atoms with Crippen LogP contribution in [0, 0.1) is 0 Å². The Kier molecular flexibility index (Phi) is 5.46. The summed E-state index contributed by atoms with van der Waals surface area (Å²) >= 11 is 0. The van der Waals surface area contributed by atoms with Gasteiger partial charge in [-0.15, -0.1) is 0 Å². The molecule has 22 heavy (non-hydrogen) atoms. The van der Waals surface area contributed by atoms with Crippen molar-refractivity contribution in [1.29, 1.82) is 0 Å². The number of pyridine rings is 1. The van der Waals surface area contributed by atoms with E-state index < -0.39 is 18.1 Å². The summed E-state index contributed by atoms with van der Waals surface area (Å²) in [6, 6.07) is 2.37. The van der Waals surface area contributed by atoms with Gasteiger partial charge >= 0.3 is 5.97 Å². The van der Waals surface area contributed by atoms with Crippen LogP contribution in [-0.4, -0.2) is 47.3 Å². The number of ether oxygens (including phenoxy) is 1. The largest absolute Gasteiger partial charge is 0.455 e. The number of amides is 2. The van der Waals surface area contributed by atoms with E-state index in [4.69, 9.17) is 4.74 Å². The average molecular weight is 305 g/mol. The first-order valence-corrected chi connectivity index (χ1v) is 7.19. The number of hydrogen-bond donors (Lipinski definition) is 1. The van der Waals surface area contributed by atoms with Crippen molar-refractivity contribution in [3.05, 3.63) is 30.1 Å². The molecule has 7 heteroatoms. The highest BCUT2D eigenvalue weighted by molar-refractivity contribution is 5.85. The number of rotatable bonds is 6. The maximum Gasteiger partial charge on any atom is 0.303 e. The van der Waals surface area contributed by atoms with Crippen LogP contribution in [0.25, 0.3) is 0 Å². The van der Waals surface area contributed by atoms with E-state index >= 15 is 0 Å². The van der Waals surface area contributed by atoms with Crippen molar-refractivity contribution in [2.45, 2.75) is 31.9 Å². The Bertz CT molecular complexity index is 529. The number of aromatic nitrogens is 1. The Morgan fingerprint density at radius 2 is 1.95 bits per heavy atom. The van der Waals surface area contributed by atoms with Crippen molar-refractivity contribution < 1.29 is 19.1 Å². The molecule has 1 aromatic heterocycles. The van der Waals surface area contributed by atoms with Gasteiger partial charge in [0.25, 0.3) is 0 Å². The third-order valence-corrected chi connectivity index (χ3v) is 3.56. The fourth-order valence-corrected chi connectivity index (χ4v) is 2.56. The van der Waals surface area contributed by atoms with Gasteiger partial charge in [0, 0.05) is 32.4 Å². The van der Waals surface area contributed by atoms with E-state index in [2.05, 4.69) is 10.3 Å². The molecule has 0 saturated carbocycles. The molecular formula is C15H19N3O4. The number of carbonyl (C=O) groups excluding carboxylic acids is 3. The molecule has 1 N–H and O–H groups in total. The summed E-state index contributed by atoms with van der Waals surface area (Å²) in [5.41, 5.74) is 0.608. The molecule has 0 radical (unpaired) electrons. The molecule has 0 aromatic carbocycles. The van der Waals surface area contributed by atoms with Crippen molar-refractivity contribution in [3.8, 4) is 0 Å². The van der Waals surface area contributed by atoms with E-state index in [1.165, 1.54) is 6.92 Å². The van der Waals surface area contributed by atoms with Crippen LogP contribution >= 0.6 is 0 Å². The maximum absolute atomic E-state index is 12.6. The minimum absolute atomic E-state index is 0.243. The minimum Gasteiger partial charge on any atom is -0.455 e. The molecule has 1 aliphatic heterocycles. The van der Waals surface area contributed by atoms with Crippen molar-refractivity contribution in [3.63, 3.8) is 0 Å². The highest BCUT2D eigenvalue weighted by Gasteiger charge is 2.35. The van der Waals surface area contributed by atoms with E-state index in [1.54, 1.807) is 29.4 Å². The molecule has 1 aromatic rings. The van der Waals surface area contributed by atoms with E-state index in [-0.39, 0.29) is 5.91 Å². The van der Waals surface area contributed by atoms with Gasteiger partial charge in [0.05, 0.1) is 0 Å². The van der Waals surface area contributed by atoms with Gasteiger partial charge in [0.1, 0.15) is 6.04 Å². The van der Waals surface area contributed by atoms with Crippen molar-refractivity contribution in [2.75, 3.05) is 13.1 Å². The molecule has 2 rings (SSSR count). The molecule has 1 saturated heterocycles. The van der Waals surface area contributed by atoms with Gasteiger partial charge in [-0.05, 0) is 30.5 Å². The SMILES string of the molecule is CC(=O)OC(c1ccncc1)C(NC=O)C(=O)N1CCCC1. The minimum atomic E-state index is -0.943. The van der Waals surface area contributed by atoms with Gasteiger partial charge in [0.15, 0.2) is 6.10 Å². The lowest BCUT2D eigenvalue weighted by atomic mass is 10.0. The summed E-state index contributed by atoms with van der Waals surface area (Å²) in [7, 11) is 0. The predicted octanol–water partition coefficient (Wildman–Crippen LogP) is 0.423. The van der Waals surface area contributed by atoms with Gasteiger partial charge in [-0.1, -0.05) is 0 Å². The lowest BCUT2D eigenvalue weighted by Crippen LogP contribution is -2.49. The maximum atomic E-state index is 12.6. The molecule has 1 aliphatic rings. The third-order valence-electron chi connectivity index (χ3n) is 3.56. The van der Waals surface area contributed by atoms with Crippen LogP contribution in [0.15, 0.2) is 24.5 Å². The first kappa shape index (κ1) is 15.9. The third kappa shape index (κ3) is 3.81. The summed E-state index contributed by atoms with van der Waals surface area (Å²) in [5.74, 6) is -0.763. The quantitative estimate of drug-likeness (QED) is 0.608. The number of nitrogens with one attached hydrogen (secondary N) is 1. The van der Waals surface area contributed by atoms with Crippen LogP contribution in [0.3, 0.4) is 0 Å². The molecular weight excluding hydrogens is 286 g/mol. The Labute approximate surface area is 128 Å². The second-order valence-corrected chi connectivity index (χ2v) is 5.11. The molecule has 0 aliphatic carbocycles. The van der Waals surface area contributed by atoms with Crippen LogP contribution in [0.5, 0.6) is 0 Å². The molecule has 2 heterocycles. The first-order chi connectivity index (χ1) is 10.6. The Balaban J connectivity index is 2.28. The standard InChI is InChI=1S/C15H19N3O4/c1-11(20)22-14(12-4-6-16-7-5-12)13(17-10-19)15(21)18-8-2-3-9-18/h4-7,10,13-14H,2-3,8-9H2,1H3,(H,17,19). The summed E-state index contributed by atoms with van der Waals surface area (Å²) < 4.78 is 5.30. The van der Waals surface area contributed by atoms with Crippen LogP contribution < -0.4 is 5.32 Å². The van der Waals surface area contributed by atoms with Gasteiger partial charge in [-0.25, -0.2) is 0 Å². The molecule has 0 bridgehead atoms. The monoisotopic (exact) mass is 305 g/mol. The zero-order chi connectivity index (χ0) is 15.9. The number of likely N-dealkylation sites (tertiary alicyclic amines) is 1. The predicted molar refractivity (Wildman–Crippen MR) is 77.5 cm³/mol. The topological polar surface area (TPSA) is 88.6 Å². The van der Waals surface area contributed by atoms with Gasteiger partial charge in [-0.2, -0.15) is 0 Å². The highest BCUT2D eigenvalue weighted by atomic mass is 16.5. The average Bonchev–Trinajstić information content (AvgIpc) is 3.05. The van der Waals surface area contributed by atoms with E-state index in [0.29, 0.717) is 25.1 Å². The summed E-state index contributed by atoms with van der Waals surface area (Å²) in [6.07, 6.45) is 4.55. The summed E-state index contributed by atoms with van der Waals surface area (Å²) in [5, 5.41) is 2.49. The van der Waals surface area contributed by atoms with E-state index in [9.17, 15) is 14.4 Å². The summed E-state index contributed by atoms with van der Waals surface area (Å²) in [4.78, 5) is 40.5. The number of carbonyl (C=O) groups is 3. The molecule has 118 valence electrons. The lowest BCUT2D eigenvalue weighted by Gasteiger charge is -2.29. The smallest absolute Gasteiger partial charge is 0.303 e. The van der Waals surface area contributed by atoms with Crippen LogP contribution in [-0.2, 0) is 19.1 Å². The lowest BCUT2D eigenvalue weighted by molar-refractivity contribution is -0.152.